The lowest BCUT2D eigenvalue weighted by molar-refractivity contribution is -0.120. The molecule has 7 nitrogen and oxygen atoms in total. The van der Waals surface area contributed by atoms with Crippen LogP contribution >= 0.6 is 11.6 Å². The van der Waals surface area contributed by atoms with Gasteiger partial charge in [-0.1, -0.05) is 48.0 Å². The quantitative estimate of drug-likeness (QED) is 0.475. The van der Waals surface area contributed by atoms with Crippen LogP contribution < -0.4 is 10.9 Å². The van der Waals surface area contributed by atoms with Crippen LogP contribution in [0.15, 0.2) is 61.1 Å². The average molecular weight is 407 g/mol. The van der Waals surface area contributed by atoms with Gasteiger partial charge in [0, 0.05) is 11.4 Å². The summed E-state index contributed by atoms with van der Waals surface area (Å²) >= 11 is 6.24. The maximum atomic E-state index is 12.2. The lowest BCUT2D eigenvalue weighted by Crippen LogP contribution is -2.30. The van der Waals surface area contributed by atoms with E-state index in [-0.39, 0.29) is 5.91 Å². The van der Waals surface area contributed by atoms with Crippen molar-refractivity contribution in [1.82, 2.24) is 25.2 Å². The number of halogens is 1. The van der Waals surface area contributed by atoms with Gasteiger partial charge in [-0.05, 0) is 36.6 Å². The fourth-order valence-electron chi connectivity index (χ4n) is 2.94. The van der Waals surface area contributed by atoms with Crippen LogP contribution in [-0.2, 0) is 11.2 Å². The zero-order valence-corrected chi connectivity index (χ0v) is 16.5. The second-order valence-corrected chi connectivity index (χ2v) is 7.02. The van der Waals surface area contributed by atoms with Gasteiger partial charge < -0.3 is 0 Å². The number of hydrazine groups is 1. The van der Waals surface area contributed by atoms with E-state index in [0.29, 0.717) is 34.7 Å². The molecule has 8 heteroatoms. The molecule has 0 radical (unpaired) electrons. The molecule has 0 atom stereocenters. The van der Waals surface area contributed by atoms with E-state index in [1.165, 1.54) is 6.33 Å². The fourth-order valence-corrected chi connectivity index (χ4v) is 3.11. The van der Waals surface area contributed by atoms with Crippen molar-refractivity contribution in [2.45, 2.75) is 19.8 Å². The second kappa shape index (κ2) is 8.28. The molecule has 1 amide bonds. The van der Waals surface area contributed by atoms with Crippen molar-refractivity contribution in [3.63, 3.8) is 0 Å². The molecule has 2 N–H and O–H groups in total. The Hall–Kier alpha value is -3.45. The lowest BCUT2D eigenvalue weighted by Gasteiger charge is -2.09. The number of nitrogens with zero attached hydrogens (tertiary/aromatic N) is 4. The summed E-state index contributed by atoms with van der Waals surface area (Å²) in [6.07, 6.45) is 4.11. The number of aromatic nitrogens is 4. The highest BCUT2D eigenvalue weighted by atomic mass is 35.5. The second-order valence-electron chi connectivity index (χ2n) is 6.61. The van der Waals surface area contributed by atoms with Gasteiger partial charge in [-0.3, -0.25) is 15.6 Å². The molecule has 4 aromatic rings. The van der Waals surface area contributed by atoms with Crippen molar-refractivity contribution >= 4 is 34.4 Å². The molecule has 0 bridgehead atoms. The number of hydrogen-bond acceptors (Lipinski definition) is 5. The molecule has 2 aromatic carbocycles. The first-order valence-electron chi connectivity index (χ1n) is 9.16. The minimum atomic E-state index is -0.127. The van der Waals surface area contributed by atoms with Gasteiger partial charge in [0.25, 0.3) is 0 Å². The van der Waals surface area contributed by atoms with Crippen LogP contribution in [0.2, 0.25) is 5.02 Å². The number of hydrogen-bond donors (Lipinski definition) is 2. The van der Waals surface area contributed by atoms with Gasteiger partial charge in [0.05, 0.1) is 17.3 Å². The first kappa shape index (κ1) is 18.9. The molecule has 0 aliphatic heterocycles. The minimum absolute atomic E-state index is 0.127. The summed E-state index contributed by atoms with van der Waals surface area (Å²) in [6, 6.07) is 15.6. The van der Waals surface area contributed by atoms with E-state index in [2.05, 4.69) is 25.9 Å². The van der Waals surface area contributed by atoms with Crippen LogP contribution in [0.5, 0.6) is 0 Å². The standard InChI is InChI=1S/C21H19ClN6O/c1-14-7-9-16(11-18(14)22)28-21-17(12-25-28)20(23-13-24-21)27-26-19(29)10-8-15-5-3-2-4-6-15/h2-7,9,11-13H,8,10H2,1H3,(H,26,29)(H,23,24,27). The van der Waals surface area contributed by atoms with Gasteiger partial charge >= 0.3 is 0 Å². The highest BCUT2D eigenvalue weighted by Crippen LogP contribution is 2.24. The molecule has 146 valence electrons. The summed E-state index contributed by atoms with van der Waals surface area (Å²) in [5.74, 6) is 0.353. The van der Waals surface area contributed by atoms with Crippen LogP contribution in [-0.4, -0.2) is 25.7 Å². The van der Waals surface area contributed by atoms with E-state index < -0.39 is 0 Å². The van der Waals surface area contributed by atoms with E-state index in [0.717, 1.165) is 16.8 Å². The van der Waals surface area contributed by atoms with E-state index in [4.69, 9.17) is 11.6 Å². The van der Waals surface area contributed by atoms with Crippen molar-refractivity contribution < 1.29 is 4.79 Å². The molecule has 29 heavy (non-hydrogen) atoms. The zero-order chi connectivity index (χ0) is 20.2. The van der Waals surface area contributed by atoms with E-state index in [1.54, 1.807) is 10.9 Å². The number of fused-ring (bicyclic) bond motifs is 1. The average Bonchev–Trinajstić information content (AvgIpc) is 3.18. The molecule has 4 rings (SSSR count). The Morgan fingerprint density at radius 1 is 1.14 bits per heavy atom. The third-order valence-corrected chi connectivity index (χ3v) is 4.98. The Labute approximate surface area is 172 Å². The summed E-state index contributed by atoms with van der Waals surface area (Å²) in [5.41, 5.74) is 9.08. The predicted molar refractivity (Wildman–Crippen MR) is 113 cm³/mol. The SMILES string of the molecule is Cc1ccc(-n2ncc3c(NNC(=O)CCc4ccccc4)ncnc32)cc1Cl. The van der Waals surface area contributed by atoms with Crippen LogP contribution in [0.4, 0.5) is 5.82 Å². The molecule has 2 aromatic heterocycles. The number of carbonyl (C=O) groups is 1. The normalized spacial score (nSPS) is 10.8. The summed E-state index contributed by atoms with van der Waals surface area (Å²) in [6.45, 7) is 1.94. The number of nitrogens with one attached hydrogen (secondary N) is 2. The van der Waals surface area contributed by atoms with Gasteiger partial charge in [0.1, 0.15) is 6.33 Å². The highest BCUT2D eigenvalue weighted by molar-refractivity contribution is 6.31. The Bertz CT molecular complexity index is 1160. The smallest absolute Gasteiger partial charge is 0.238 e. The third-order valence-electron chi connectivity index (χ3n) is 4.57. The Morgan fingerprint density at radius 3 is 2.76 bits per heavy atom. The third kappa shape index (κ3) is 4.20. The zero-order valence-electron chi connectivity index (χ0n) is 15.8. The van der Waals surface area contributed by atoms with Crippen molar-refractivity contribution in [2.75, 3.05) is 5.43 Å². The molecule has 0 saturated heterocycles. The fraction of sp³-hybridized carbons (Fsp3) is 0.143. The molecule has 2 heterocycles. The van der Waals surface area contributed by atoms with Crippen molar-refractivity contribution in [3.05, 3.63) is 77.2 Å². The molecule has 0 unspecified atom stereocenters. The van der Waals surface area contributed by atoms with Crippen molar-refractivity contribution in [1.29, 1.82) is 0 Å². The summed E-state index contributed by atoms with van der Waals surface area (Å²) < 4.78 is 1.69. The topological polar surface area (TPSA) is 84.7 Å². The van der Waals surface area contributed by atoms with Crippen LogP contribution in [0.25, 0.3) is 16.7 Å². The molecule has 0 saturated carbocycles. The highest BCUT2D eigenvalue weighted by Gasteiger charge is 2.12. The maximum Gasteiger partial charge on any atom is 0.238 e. The number of rotatable bonds is 6. The Balaban J connectivity index is 1.48. The molecular formula is C21H19ClN6O. The van der Waals surface area contributed by atoms with E-state index >= 15 is 0 Å². The van der Waals surface area contributed by atoms with Gasteiger partial charge in [-0.25, -0.2) is 14.6 Å². The molecule has 0 aliphatic carbocycles. The minimum Gasteiger partial charge on any atom is -0.281 e. The van der Waals surface area contributed by atoms with Gasteiger partial charge in [0.2, 0.25) is 5.91 Å². The molecule has 0 spiro atoms. The Kier molecular flexibility index (Phi) is 5.39. The Morgan fingerprint density at radius 2 is 1.97 bits per heavy atom. The molecular weight excluding hydrogens is 388 g/mol. The summed E-state index contributed by atoms with van der Waals surface area (Å²) in [7, 11) is 0. The van der Waals surface area contributed by atoms with E-state index in [1.807, 2.05) is 55.5 Å². The van der Waals surface area contributed by atoms with Crippen molar-refractivity contribution in [3.8, 4) is 5.69 Å². The lowest BCUT2D eigenvalue weighted by atomic mass is 10.1. The van der Waals surface area contributed by atoms with Crippen LogP contribution in [0, 0.1) is 6.92 Å². The van der Waals surface area contributed by atoms with Gasteiger partial charge in [-0.15, -0.1) is 0 Å². The van der Waals surface area contributed by atoms with Crippen molar-refractivity contribution in [2.24, 2.45) is 0 Å². The predicted octanol–water partition coefficient (Wildman–Crippen LogP) is 3.85. The maximum absolute atomic E-state index is 12.2. The monoisotopic (exact) mass is 406 g/mol. The summed E-state index contributed by atoms with van der Waals surface area (Å²) in [4.78, 5) is 20.7. The number of carbonyl (C=O) groups excluding carboxylic acids is 1. The number of aryl methyl sites for hydroxylation is 2. The number of amides is 1. The molecule has 0 fully saturated rings. The van der Waals surface area contributed by atoms with Gasteiger partial charge in [0.15, 0.2) is 11.5 Å². The first-order chi connectivity index (χ1) is 14.1. The number of benzene rings is 2. The van der Waals surface area contributed by atoms with Gasteiger partial charge in [-0.2, -0.15) is 5.10 Å². The van der Waals surface area contributed by atoms with Crippen LogP contribution in [0.1, 0.15) is 17.5 Å². The van der Waals surface area contributed by atoms with E-state index in [9.17, 15) is 4.79 Å². The largest absolute Gasteiger partial charge is 0.281 e. The first-order valence-corrected chi connectivity index (χ1v) is 9.53. The molecule has 0 aliphatic rings. The number of anilines is 1. The summed E-state index contributed by atoms with van der Waals surface area (Å²) in [5, 5.41) is 5.75. The van der Waals surface area contributed by atoms with Crippen LogP contribution in [0.3, 0.4) is 0 Å².